The second-order valence-electron chi connectivity index (χ2n) is 2.77. The van der Waals surface area contributed by atoms with Crippen LogP contribution in [0.15, 0.2) is 4.99 Å². The molecule has 0 bridgehead atoms. The lowest BCUT2D eigenvalue weighted by Crippen LogP contribution is -2.31. The molecule has 64 valence electrons. The van der Waals surface area contributed by atoms with Gasteiger partial charge in [0, 0.05) is 7.11 Å². The van der Waals surface area contributed by atoms with Gasteiger partial charge < -0.3 is 10.5 Å². The number of guanidine groups is 1. The predicted molar refractivity (Wildman–Crippen MR) is 40.4 cm³/mol. The average molecular weight is 159 g/mol. The van der Waals surface area contributed by atoms with Crippen molar-refractivity contribution in [2.45, 2.75) is 18.4 Å². The van der Waals surface area contributed by atoms with Crippen molar-refractivity contribution in [3.05, 3.63) is 0 Å². The zero-order valence-corrected chi connectivity index (χ0v) is 6.50. The average Bonchev–Trinajstić information content (AvgIpc) is 2.70. The van der Waals surface area contributed by atoms with E-state index in [2.05, 4.69) is 4.99 Å². The predicted octanol–water partition coefficient (Wildman–Crippen LogP) is -0.541. The third kappa shape index (κ3) is 2.06. The van der Waals surface area contributed by atoms with Crippen LogP contribution >= 0.6 is 0 Å². The summed E-state index contributed by atoms with van der Waals surface area (Å²) < 4.78 is 4.94. The minimum absolute atomic E-state index is 0.0551. The highest BCUT2D eigenvalue weighted by Crippen LogP contribution is 2.39. The number of hydrogen-bond acceptors (Lipinski definition) is 3. The lowest BCUT2D eigenvalue weighted by Gasteiger charge is -2.08. The van der Waals surface area contributed by atoms with E-state index in [-0.39, 0.29) is 11.5 Å². The van der Waals surface area contributed by atoms with Crippen LogP contribution in [0.25, 0.3) is 0 Å². The summed E-state index contributed by atoms with van der Waals surface area (Å²) in [5.74, 6) is 0.0551. The Kier molecular flexibility index (Phi) is 2.31. The Morgan fingerprint density at radius 2 is 2.45 bits per heavy atom. The molecular formula is C6H13N3O2. The fraction of sp³-hybridized carbons (Fsp3) is 0.833. The number of nitrogens with one attached hydrogen (secondary N) is 1. The van der Waals surface area contributed by atoms with Crippen LogP contribution in [0.2, 0.25) is 0 Å². The monoisotopic (exact) mass is 159 g/mol. The molecule has 0 aromatic carbocycles. The summed E-state index contributed by atoms with van der Waals surface area (Å²) in [7, 11) is 1.62. The van der Waals surface area contributed by atoms with Crippen molar-refractivity contribution in [3.63, 3.8) is 0 Å². The van der Waals surface area contributed by atoms with Crippen molar-refractivity contribution in [1.29, 1.82) is 0 Å². The molecule has 0 aliphatic heterocycles. The molecule has 0 heterocycles. The Bertz CT molecular complexity index is 165. The number of ether oxygens (including phenoxy) is 1. The molecule has 4 N–H and O–H groups in total. The molecule has 5 heteroatoms. The van der Waals surface area contributed by atoms with Crippen LogP contribution < -0.4 is 11.2 Å². The first-order valence-electron chi connectivity index (χ1n) is 3.47. The topological polar surface area (TPSA) is 79.9 Å². The van der Waals surface area contributed by atoms with Crippen LogP contribution in [0.3, 0.4) is 0 Å². The van der Waals surface area contributed by atoms with E-state index in [1.165, 1.54) is 0 Å². The molecule has 0 unspecified atom stereocenters. The lowest BCUT2D eigenvalue weighted by molar-refractivity contribution is 0.172. The highest BCUT2D eigenvalue weighted by Gasteiger charge is 2.43. The molecule has 1 aliphatic rings. The van der Waals surface area contributed by atoms with Crippen LogP contribution in [0.4, 0.5) is 0 Å². The molecule has 0 aromatic heterocycles. The van der Waals surface area contributed by atoms with E-state index in [9.17, 15) is 0 Å². The molecule has 0 aromatic rings. The molecule has 11 heavy (non-hydrogen) atoms. The molecule has 0 amide bonds. The number of aliphatic imine (C=N–C) groups is 1. The number of methoxy groups -OCH3 is 1. The zero-order chi connectivity index (χ0) is 8.32. The van der Waals surface area contributed by atoms with Gasteiger partial charge in [0.25, 0.3) is 0 Å². The van der Waals surface area contributed by atoms with E-state index in [1.807, 2.05) is 0 Å². The van der Waals surface area contributed by atoms with Crippen molar-refractivity contribution in [3.8, 4) is 0 Å². The fourth-order valence-corrected chi connectivity index (χ4v) is 0.982. The van der Waals surface area contributed by atoms with Gasteiger partial charge in [0.2, 0.25) is 5.96 Å². The molecule has 5 nitrogen and oxygen atoms in total. The molecule has 1 saturated carbocycles. The molecule has 0 atom stereocenters. The van der Waals surface area contributed by atoms with Gasteiger partial charge in [-0.25, -0.2) is 10.5 Å². The maximum atomic E-state index is 8.35. The van der Waals surface area contributed by atoms with Crippen LogP contribution in [0.5, 0.6) is 0 Å². The van der Waals surface area contributed by atoms with Crippen molar-refractivity contribution >= 4 is 5.96 Å². The normalized spacial score (nSPS) is 21.5. The summed E-state index contributed by atoms with van der Waals surface area (Å²) in [6.07, 6.45) is 1.95. The summed E-state index contributed by atoms with van der Waals surface area (Å²) in [6.45, 7) is 0.565. The van der Waals surface area contributed by atoms with E-state index in [0.29, 0.717) is 6.61 Å². The second kappa shape index (κ2) is 3.06. The highest BCUT2D eigenvalue weighted by molar-refractivity contribution is 5.77. The van der Waals surface area contributed by atoms with Gasteiger partial charge in [-0.2, -0.15) is 0 Å². The smallest absolute Gasteiger partial charge is 0.213 e. The van der Waals surface area contributed by atoms with Crippen LogP contribution in [-0.4, -0.2) is 30.4 Å². The van der Waals surface area contributed by atoms with E-state index in [1.54, 1.807) is 12.6 Å². The Morgan fingerprint density at radius 3 is 2.82 bits per heavy atom. The summed E-state index contributed by atoms with van der Waals surface area (Å²) in [5.41, 5.74) is 6.90. The number of nitrogens with zero attached hydrogens (tertiary/aromatic N) is 1. The fourth-order valence-electron chi connectivity index (χ4n) is 0.982. The van der Waals surface area contributed by atoms with Crippen LogP contribution in [-0.2, 0) is 4.74 Å². The van der Waals surface area contributed by atoms with Crippen molar-refractivity contribution in [2.24, 2.45) is 10.7 Å². The highest BCUT2D eigenvalue weighted by atomic mass is 16.5. The van der Waals surface area contributed by atoms with Gasteiger partial charge in [-0.1, -0.05) is 0 Å². The Hall–Kier alpha value is -0.810. The van der Waals surface area contributed by atoms with E-state index < -0.39 is 0 Å². The standard InChI is InChI=1S/C6H13N3O2/c1-11-4-6(2-3-6)8-5(7)9-10/h10H,2-4H2,1H3,(H3,7,8,9). The molecular weight excluding hydrogens is 146 g/mol. The van der Waals surface area contributed by atoms with Crippen molar-refractivity contribution in [2.75, 3.05) is 13.7 Å². The number of hydrogen-bond donors (Lipinski definition) is 3. The first kappa shape index (κ1) is 8.29. The van der Waals surface area contributed by atoms with E-state index >= 15 is 0 Å². The van der Waals surface area contributed by atoms with E-state index in [4.69, 9.17) is 15.7 Å². The SMILES string of the molecule is COCC1(N=C(N)NO)CC1. The van der Waals surface area contributed by atoms with Crippen molar-refractivity contribution < 1.29 is 9.94 Å². The van der Waals surface area contributed by atoms with Crippen molar-refractivity contribution in [1.82, 2.24) is 5.48 Å². The third-order valence-electron chi connectivity index (χ3n) is 1.71. The largest absolute Gasteiger partial charge is 0.382 e. The third-order valence-corrected chi connectivity index (χ3v) is 1.71. The number of hydroxylamine groups is 1. The Morgan fingerprint density at radius 1 is 1.82 bits per heavy atom. The van der Waals surface area contributed by atoms with Gasteiger partial charge >= 0.3 is 0 Å². The van der Waals surface area contributed by atoms with Gasteiger partial charge in [-0.15, -0.1) is 0 Å². The van der Waals surface area contributed by atoms with E-state index in [0.717, 1.165) is 12.8 Å². The maximum Gasteiger partial charge on any atom is 0.213 e. The van der Waals surface area contributed by atoms with Gasteiger partial charge in [-0.05, 0) is 12.8 Å². The Balaban J connectivity index is 2.46. The first-order valence-corrected chi connectivity index (χ1v) is 3.47. The Labute approximate surface area is 65.2 Å². The number of nitrogens with two attached hydrogens (primary N) is 1. The lowest BCUT2D eigenvalue weighted by atomic mass is 10.3. The van der Waals surface area contributed by atoms with Gasteiger partial charge in [-0.3, -0.25) is 5.21 Å². The molecule has 1 fully saturated rings. The van der Waals surface area contributed by atoms with Gasteiger partial charge in [0.15, 0.2) is 0 Å². The summed E-state index contributed by atoms with van der Waals surface area (Å²) in [4.78, 5) is 4.04. The summed E-state index contributed by atoms with van der Waals surface area (Å²) in [5, 5.41) is 8.35. The van der Waals surface area contributed by atoms with Gasteiger partial charge in [0.05, 0.1) is 12.1 Å². The van der Waals surface area contributed by atoms with Crippen LogP contribution in [0, 0.1) is 0 Å². The minimum atomic E-state index is -0.158. The molecule has 1 rings (SSSR count). The first-order chi connectivity index (χ1) is 5.22. The number of rotatable bonds is 3. The summed E-state index contributed by atoms with van der Waals surface area (Å²) >= 11 is 0. The molecule has 1 aliphatic carbocycles. The van der Waals surface area contributed by atoms with Crippen LogP contribution in [0.1, 0.15) is 12.8 Å². The summed E-state index contributed by atoms with van der Waals surface area (Å²) in [6, 6.07) is 0. The molecule has 0 spiro atoms. The van der Waals surface area contributed by atoms with Gasteiger partial charge in [0.1, 0.15) is 0 Å². The molecule has 0 radical (unpaired) electrons. The quantitative estimate of drug-likeness (QED) is 0.293. The molecule has 0 saturated heterocycles. The second-order valence-corrected chi connectivity index (χ2v) is 2.77. The zero-order valence-electron chi connectivity index (χ0n) is 6.50. The minimum Gasteiger partial charge on any atom is -0.382 e. The maximum absolute atomic E-state index is 8.35.